The molecule has 0 saturated heterocycles. The number of hydrogen-bond donors (Lipinski definition) is 3. The minimum absolute atomic E-state index is 0.0395. The maximum Gasteiger partial charge on any atom is 0.247 e. The van der Waals surface area contributed by atoms with E-state index >= 15 is 0 Å². The van der Waals surface area contributed by atoms with Crippen LogP contribution in [0.3, 0.4) is 0 Å². The maximum absolute atomic E-state index is 12.8. The van der Waals surface area contributed by atoms with Crippen LogP contribution >= 0.6 is 0 Å². The molecule has 5 nitrogen and oxygen atoms in total. The number of rotatable bonds is 9. The van der Waals surface area contributed by atoms with Crippen molar-refractivity contribution in [2.45, 2.75) is 39.3 Å². The van der Waals surface area contributed by atoms with Crippen molar-refractivity contribution >= 4 is 23.2 Å². The zero-order valence-corrected chi connectivity index (χ0v) is 18.8. The molecule has 0 heterocycles. The minimum Gasteiger partial charge on any atom is -0.379 e. The Balaban J connectivity index is 1.57. The molecule has 2 amide bonds. The summed E-state index contributed by atoms with van der Waals surface area (Å²) < 4.78 is 0. The molecule has 0 bridgehead atoms. The molecule has 0 aliphatic carbocycles. The molecule has 0 aromatic heterocycles. The Bertz CT molecular complexity index is 1000. The van der Waals surface area contributed by atoms with Crippen LogP contribution in [0.5, 0.6) is 0 Å². The van der Waals surface area contributed by atoms with Gasteiger partial charge in [-0.25, -0.2) is 0 Å². The minimum atomic E-state index is -0.609. The average Bonchev–Trinajstić information content (AvgIpc) is 2.79. The van der Waals surface area contributed by atoms with Gasteiger partial charge in [-0.2, -0.15) is 0 Å². The number of benzene rings is 3. The lowest BCUT2D eigenvalue weighted by atomic mass is 10.0. The molecule has 0 aliphatic rings. The molecule has 3 aromatic rings. The normalized spacial score (nSPS) is 12.6. The van der Waals surface area contributed by atoms with Crippen LogP contribution in [0.2, 0.25) is 0 Å². The van der Waals surface area contributed by atoms with E-state index in [9.17, 15) is 9.59 Å². The van der Waals surface area contributed by atoms with E-state index in [1.807, 2.05) is 86.6 Å². The first-order valence-corrected chi connectivity index (χ1v) is 11.0. The zero-order chi connectivity index (χ0) is 22.9. The van der Waals surface area contributed by atoms with Crippen molar-refractivity contribution in [1.29, 1.82) is 0 Å². The highest BCUT2D eigenvalue weighted by atomic mass is 16.2. The molecule has 166 valence electrons. The van der Waals surface area contributed by atoms with Crippen LogP contribution in [0.15, 0.2) is 84.9 Å². The van der Waals surface area contributed by atoms with Crippen LogP contribution < -0.4 is 16.0 Å². The lowest BCUT2D eigenvalue weighted by molar-refractivity contribution is -0.127. The van der Waals surface area contributed by atoms with Crippen LogP contribution in [-0.2, 0) is 16.0 Å². The quantitative estimate of drug-likeness (QED) is 0.439. The van der Waals surface area contributed by atoms with E-state index in [0.717, 1.165) is 11.3 Å². The van der Waals surface area contributed by atoms with E-state index in [4.69, 9.17) is 0 Å². The largest absolute Gasteiger partial charge is 0.379 e. The second kappa shape index (κ2) is 11.1. The van der Waals surface area contributed by atoms with Crippen LogP contribution in [0.1, 0.15) is 37.9 Å². The molecule has 2 unspecified atom stereocenters. The van der Waals surface area contributed by atoms with Gasteiger partial charge in [-0.15, -0.1) is 0 Å². The third kappa shape index (κ3) is 6.71. The van der Waals surface area contributed by atoms with Crippen LogP contribution in [0.4, 0.5) is 11.4 Å². The Hall–Kier alpha value is -3.60. The van der Waals surface area contributed by atoms with Crippen molar-refractivity contribution in [3.05, 3.63) is 96.1 Å². The third-order valence-corrected chi connectivity index (χ3v) is 5.31. The molecule has 3 N–H and O–H groups in total. The van der Waals surface area contributed by atoms with Gasteiger partial charge in [0.15, 0.2) is 0 Å². The molecule has 0 fully saturated rings. The fraction of sp³-hybridized carbons (Fsp3) is 0.259. The molecule has 0 aliphatic heterocycles. The molecule has 3 aromatic carbocycles. The number of nitrogens with one attached hydrogen (secondary N) is 3. The second-order valence-electron chi connectivity index (χ2n) is 8.29. The van der Waals surface area contributed by atoms with Gasteiger partial charge in [-0.05, 0) is 48.2 Å². The van der Waals surface area contributed by atoms with Crippen LogP contribution in [0.25, 0.3) is 0 Å². The predicted molar refractivity (Wildman–Crippen MR) is 130 cm³/mol. The first-order chi connectivity index (χ1) is 15.4. The topological polar surface area (TPSA) is 70.2 Å². The summed E-state index contributed by atoms with van der Waals surface area (Å²) in [5.41, 5.74) is 3.78. The summed E-state index contributed by atoms with van der Waals surface area (Å²) in [5, 5.41) is 9.26. The molecule has 32 heavy (non-hydrogen) atoms. The summed E-state index contributed by atoms with van der Waals surface area (Å²) in [4.78, 5) is 25.3. The zero-order valence-electron chi connectivity index (χ0n) is 18.8. The van der Waals surface area contributed by atoms with E-state index in [-0.39, 0.29) is 30.2 Å². The monoisotopic (exact) mass is 429 g/mol. The first-order valence-electron chi connectivity index (χ1n) is 11.0. The molecule has 2 atom stereocenters. The van der Waals surface area contributed by atoms with E-state index in [2.05, 4.69) is 35.0 Å². The Morgan fingerprint density at radius 3 is 1.91 bits per heavy atom. The van der Waals surface area contributed by atoms with Crippen molar-refractivity contribution < 1.29 is 9.59 Å². The predicted octanol–water partition coefficient (Wildman–Crippen LogP) is 5.18. The summed E-state index contributed by atoms with van der Waals surface area (Å²) in [6.45, 7) is 5.95. The summed E-state index contributed by atoms with van der Waals surface area (Å²) in [7, 11) is 0. The van der Waals surface area contributed by atoms with Crippen molar-refractivity contribution in [3.63, 3.8) is 0 Å². The standard InChI is InChI=1S/C27H31N3O2/c1-19(2)26(30-25(31)18-21-10-6-4-7-11-21)27(32)29-24-16-14-23(15-17-24)28-20(3)22-12-8-5-9-13-22/h4-17,19-20,26,28H,18H2,1-3H3,(H,29,32)(H,30,31). The van der Waals surface area contributed by atoms with Gasteiger partial charge in [-0.3, -0.25) is 9.59 Å². The Morgan fingerprint density at radius 1 is 0.750 bits per heavy atom. The number of carbonyl (C=O) groups excluding carboxylic acids is 2. The van der Waals surface area contributed by atoms with Gasteiger partial charge in [0.1, 0.15) is 6.04 Å². The first kappa shape index (κ1) is 23.1. The highest BCUT2D eigenvalue weighted by Gasteiger charge is 2.24. The molecule has 0 radical (unpaired) electrons. The Labute approximate surface area is 190 Å². The highest BCUT2D eigenvalue weighted by Crippen LogP contribution is 2.21. The lowest BCUT2D eigenvalue weighted by Crippen LogP contribution is -2.47. The third-order valence-electron chi connectivity index (χ3n) is 5.31. The Morgan fingerprint density at radius 2 is 1.31 bits per heavy atom. The highest BCUT2D eigenvalue weighted by molar-refractivity contribution is 5.97. The molecular formula is C27H31N3O2. The number of amides is 2. The summed E-state index contributed by atoms with van der Waals surface area (Å²) >= 11 is 0. The molecule has 3 rings (SSSR count). The van der Waals surface area contributed by atoms with Gasteiger partial charge < -0.3 is 16.0 Å². The van der Waals surface area contributed by atoms with Crippen molar-refractivity contribution in [1.82, 2.24) is 5.32 Å². The number of hydrogen-bond acceptors (Lipinski definition) is 3. The van der Waals surface area contributed by atoms with Gasteiger partial charge in [-0.1, -0.05) is 74.5 Å². The van der Waals surface area contributed by atoms with Crippen molar-refractivity contribution in [2.75, 3.05) is 10.6 Å². The van der Waals surface area contributed by atoms with Gasteiger partial charge >= 0.3 is 0 Å². The Kier molecular flexibility index (Phi) is 8.03. The molecule has 0 spiro atoms. The smallest absolute Gasteiger partial charge is 0.247 e. The van der Waals surface area contributed by atoms with E-state index in [1.54, 1.807) is 0 Å². The fourth-order valence-electron chi connectivity index (χ4n) is 3.49. The van der Waals surface area contributed by atoms with E-state index < -0.39 is 6.04 Å². The molecule has 5 heteroatoms. The molecular weight excluding hydrogens is 398 g/mol. The van der Waals surface area contributed by atoms with Crippen molar-refractivity contribution in [3.8, 4) is 0 Å². The van der Waals surface area contributed by atoms with Crippen LogP contribution in [0, 0.1) is 5.92 Å². The number of anilines is 2. The van der Waals surface area contributed by atoms with Crippen molar-refractivity contribution in [2.24, 2.45) is 5.92 Å². The lowest BCUT2D eigenvalue weighted by Gasteiger charge is -2.22. The van der Waals surface area contributed by atoms with E-state index in [1.165, 1.54) is 5.56 Å². The number of carbonyl (C=O) groups is 2. The summed E-state index contributed by atoms with van der Waals surface area (Å²) in [6.07, 6.45) is 0.247. The van der Waals surface area contributed by atoms with Gasteiger partial charge in [0.05, 0.1) is 6.42 Å². The second-order valence-corrected chi connectivity index (χ2v) is 8.29. The fourth-order valence-corrected chi connectivity index (χ4v) is 3.49. The SMILES string of the molecule is CC(Nc1ccc(NC(=O)C(NC(=O)Cc2ccccc2)C(C)C)cc1)c1ccccc1. The van der Waals surface area contributed by atoms with Gasteiger partial charge in [0.25, 0.3) is 0 Å². The van der Waals surface area contributed by atoms with Gasteiger partial charge in [0, 0.05) is 17.4 Å². The van der Waals surface area contributed by atoms with Gasteiger partial charge in [0.2, 0.25) is 11.8 Å². The van der Waals surface area contributed by atoms with E-state index in [0.29, 0.717) is 5.69 Å². The maximum atomic E-state index is 12.8. The summed E-state index contributed by atoms with van der Waals surface area (Å²) in [5.74, 6) is -0.429. The average molecular weight is 430 g/mol. The molecule has 0 saturated carbocycles. The van der Waals surface area contributed by atoms with Crippen LogP contribution in [-0.4, -0.2) is 17.9 Å². The summed E-state index contributed by atoms with van der Waals surface area (Å²) in [6, 6.07) is 26.9.